The van der Waals surface area contributed by atoms with E-state index in [0.29, 0.717) is 19.0 Å². The molecule has 4 heteroatoms. The van der Waals surface area contributed by atoms with Crippen LogP contribution in [0.15, 0.2) is 9.98 Å². The van der Waals surface area contributed by atoms with Crippen molar-refractivity contribution in [2.75, 3.05) is 13.1 Å². The predicted octanol–water partition coefficient (Wildman–Crippen LogP) is 2.24. The third-order valence-electron chi connectivity index (χ3n) is 2.31. The molecule has 0 heterocycles. The molecule has 0 aliphatic heterocycles. The van der Waals surface area contributed by atoms with Crippen molar-refractivity contribution >= 4 is 12.2 Å². The van der Waals surface area contributed by atoms with Gasteiger partial charge in [0.1, 0.15) is 0 Å². The molecule has 0 saturated heterocycles. The summed E-state index contributed by atoms with van der Waals surface area (Å²) >= 11 is 0. The maximum absolute atomic E-state index is 9.79. The van der Waals surface area contributed by atoms with E-state index in [4.69, 9.17) is 0 Å². The summed E-state index contributed by atoms with van der Waals surface area (Å²) < 4.78 is 0. The summed E-state index contributed by atoms with van der Waals surface area (Å²) in [5.74, 6) is 0.645. The fraction of sp³-hybridized carbons (Fsp3) is 0.818. The van der Waals surface area contributed by atoms with Gasteiger partial charge in [-0.1, -0.05) is 19.8 Å². The average Bonchev–Trinajstić information content (AvgIpc) is 2.24. The largest absolute Gasteiger partial charge is 0.234 e. The molecule has 15 heavy (non-hydrogen) atoms. The molecule has 0 amide bonds. The molecule has 0 aromatic heterocycles. The monoisotopic (exact) mass is 210 g/mol. The van der Waals surface area contributed by atoms with Gasteiger partial charge < -0.3 is 0 Å². The number of isocyanates is 2. The summed E-state index contributed by atoms with van der Waals surface area (Å²) in [6.45, 7) is 3.36. The van der Waals surface area contributed by atoms with Crippen molar-refractivity contribution in [1.29, 1.82) is 0 Å². The molecule has 84 valence electrons. The van der Waals surface area contributed by atoms with E-state index < -0.39 is 0 Å². The lowest BCUT2D eigenvalue weighted by atomic mass is 9.99. The van der Waals surface area contributed by atoms with Crippen LogP contribution in [0.4, 0.5) is 0 Å². The highest BCUT2D eigenvalue weighted by molar-refractivity contribution is 5.32. The second kappa shape index (κ2) is 10.8. The van der Waals surface area contributed by atoms with Gasteiger partial charge >= 0.3 is 0 Å². The molecular formula is C11H18N2O2. The Labute approximate surface area is 90.5 Å². The number of carbonyl (C=O) groups excluding carboxylic acids is 2. The highest BCUT2D eigenvalue weighted by Gasteiger charge is 2.01. The summed E-state index contributed by atoms with van der Waals surface area (Å²) in [6, 6.07) is 0. The van der Waals surface area contributed by atoms with Crippen LogP contribution in [0.1, 0.15) is 39.0 Å². The van der Waals surface area contributed by atoms with Crippen LogP contribution in [0.25, 0.3) is 0 Å². The van der Waals surface area contributed by atoms with Crippen LogP contribution in [-0.4, -0.2) is 25.2 Å². The Bertz CT molecular complexity index is 241. The van der Waals surface area contributed by atoms with Gasteiger partial charge in [0.2, 0.25) is 12.2 Å². The number of nitrogens with zero attached hydrogens (tertiary/aromatic N) is 2. The number of rotatable bonds is 9. The molecule has 1 unspecified atom stereocenters. The molecular weight excluding hydrogens is 192 g/mol. The Kier molecular flexibility index (Phi) is 9.94. The van der Waals surface area contributed by atoms with E-state index in [2.05, 4.69) is 16.9 Å². The molecule has 0 aliphatic rings. The van der Waals surface area contributed by atoms with Crippen molar-refractivity contribution in [2.45, 2.75) is 39.0 Å². The van der Waals surface area contributed by atoms with Gasteiger partial charge in [0.15, 0.2) is 0 Å². The minimum absolute atomic E-state index is 0.587. The third-order valence-corrected chi connectivity index (χ3v) is 2.31. The van der Waals surface area contributed by atoms with E-state index in [1.165, 1.54) is 12.2 Å². The van der Waals surface area contributed by atoms with E-state index in [9.17, 15) is 9.59 Å². The zero-order valence-electron chi connectivity index (χ0n) is 9.24. The van der Waals surface area contributed by atoms with Crippen LogP contribution in [0.3, 0.4) is 0 Å². The lowest BCUT2D eigenvalue weighted by Gasteiger charge is -2.08. The minimum atomic E-state index is 0.587. The summed E-state index contributed by atoms with van der Waals surface area (Å²) in [4.78, 5) is 26.6. The van der Waals surface area contributed by atoms with Gasteiger partial charge in [0.25, 0.3) is 0 Å². The molecule has 0 rings (SSSR count). The maximum Gasteiger partial charge on any atom is 0.234 e. The SMILES string of the molecule is CC(CCCCN=C=O)CCCN=C=O. The lowest BCUT2D eigenvalue weighted by Crippen LogP contribution is -1.96. The quantitative estimate of drug-likeness (QED) is 0.333. The minimum Gasteiger partial charge on any atom is -0.211 e. The highest BCUT2D eigenvalue weighted by atomic mass is 16.1. The normalized spacial score (nSPS) is 11.3. The van der Waals surface area contributed by atoms with Crippen molar-refractivity contribution in [3.8, 4) is 0 Å². The van der Waals surface area contributed by atoms with Crippen molar-refractivity contribution in [2.24, 2.45) is 15.9 Å². The Morgan fingerprint density at radius 1 is 0.933 bits per heavy atom. The summed E-state index contributed by atoms with van der Waals surface area (Å²) in [7, 11) is 0. The van der Waals surface area contributed by atoms with Gasteiger partial charge in [-0.2, -0.15) is 0 Å². The second-order valence-corrected chi connectivity index (χ2v) is 3.69. The highest BCUT2D eigenvalue weighted by Crippen LogP contribution is 2.13. The molecule has 0 spiro atoms. The Balaban J connectivity index is 3.28. The van der Waals surface area contributed by atoms with Gasteiger partial charge in [-0.15, -0.1) is 0 Å². The van der Waals surface area contributed by atoms with Crippen LogP contribution in [0.2, 0.25) is 0 Å². The number of hydrogen-bond donors (Lipinski definition) is 0. The number of aliphatic imine (C=N–C) groups is 2. The number of hydrogen-bond acceptors (Lipinski definition) is 4. The van der Waals surface area contributed by atoms with E-state index in [1.54, 1.807) is 0 Å². The molecule has 0 aromatic carbocycles. The molecule has 0 aromatic rings. The van der Waals surface area contributed by atoms with E-state index in [0.717, 1.165) is 32.1 Å². The first kappa shape index (κ1) is 13.8. The van der Waals surface area contributed by atoms with Crippen molar-refractivity contribution < 1.29 is 9.59 Å². The zero-order valence-corrected chi connectivity index (χ0v) is 9.24. The van der Waals surface area contributed by atoms with E-state index >= 15 is 0 Å². The fourth-order valence-electron chi connectivity index (χ4n) is 1.44. The molecule has 0 N–H and O–H groups in total. The van der Waals surface area contributed by atoms with Gasteiger partial charge in [-0.25, -0.2) is 19.6 Å². The van der Waals surface area contributed by atoms with Crippen LogP contribution >= 0.6 is 0 Å². The Hall–Kier alpha value is -1.24. The van der Waals surface area contributed by atoms with Gasteiger partial charge in [0, 0.05) is 0 Å². The molecule has 0 bridgehead atoms. The Morgan fingerprint density at radius 2 is 1.47 bits per heavy atom. The van der Waals surface area contributed by atoms with Gasteiger partial charge in [-0.3, -0.25) is 0 Å². The van der Waals surface area contributed by atoms with Crippen molar-refractivity contribution in [3.63, 3.8) is 0 Å². The average molecular weight is 210 g/mol. The number of unbranched alkanes of at least 4 members (excludes halogenated alkanes) is 1. The van der Waals surface area contributed by atoms with Gasteiger partial charge in [-0.05, 0) is 25.2 Å². The summed E-state index contributed by atoms with van der Waals surface area (Å²) in [6.07, 6.45) is 8.27. The molecule has 4 nitrogen and oxygen atoms in total. The summed E-state index contributed by atoms with van der Waals surface area (Å²) in [5, 5.41) is 0. The topological polar surface area (TPSA) is 58.9 Å². The summed E-state index contributed by atoms with van der Waals surface area (Å²) in [5.41, 5.74) is 0. The molecule has 0 saturated carbocycles. The standard InChI is InChI=1S/C11H18N2O2/c1-11(6-4-8-13-10-15)5-2-3-7-12-9-14/h11H,2-8H2,1H3. The first-order valence-corrected chi connectivity index (χ1v) is 5.38. The van der Waals surface area contributed by atoms with Crippen LogP contribution < -0.4 is 0 Å². The molecule has 0 aliphatic carbocycles. The molecule has 1 atom stereocenters. The van der Waals surface area contributed by atoms with Crippen LogP contribution in [0.5, 0.6) is 0 Å². The molecule has 0 radical (unpaired) electrons. The smallest absolute Gasteiger partial charge is 0.211 e. The fourth-order valence-corrected chi connectivity index (χ4v) is 1.44. The van der Waals surface area contributed by atoms with Crippen LogP contribution in [-0.2, 0) is 9.59 Å². The lowest BCUT2D eigenvalue weighted by molar-refractivity contribution is 0.456. The van der Waals surface area contributed by atoms with E-state index in [-0.39, 0.29) is 0 Å². The van der Waals surface area contributed by atoms with Crippen molar-refractivity contribution in [1.82, 2.24) is 0 Å². The third kappa shape index (κ3) is 10.7. The maximum atomic E-state index is 9.79. The predicted molar refractivity (Wildman–Crippen MR) is 58.2 cm³/mol. The Morgan fingerprint density at radius 3 is 2.07 bits per heavy atom. The first-order chi connectivity index (χ1) is 7.31. The van der Waals surface area contributed by atoms with Crippen molar-refractivity contribution in [3.05, 3.63) is 0 Å². The molecule has 0 fully saturated rings. The van der Waals surface area contributed by atoms with Crippen LogP contribution in [0, 0.1) is 5.92 Å². The van der Waals surface area contributed by atoms with E-state index in [1.807, 2.05) is 0 Å². The zero-order chi connectivity index (χ0) is 11.4. The first-order valence-electron chi connectivity index (χ1n) is 5.38. The second-order valence-electron chi connectivity index (χ2n) is 3.69. The van der Waals surface area contributed by atoms with Gasteiger partial charge in [0.05, 0.1) is 13.1 Å².